The van der Waals surface area contributed by atoms with Gasteiger partial charge in [-0.2, -0.15) is 13.2 Å². The fourth-order valence-electron chi connectivity index (χ4n) is 4.54. The van der Waals surface area contributed by atoms with Gasteiger partial charge in [-0.1, -0.05) is 30.3 Å². The van der Waals surface area contributed by atoms with Crippen LogP contribution >= 0.6 is 11.3 Å². The highest BCUT2D eigenvalue weighted by atomic mass is 32.1. The number of aryl methyl sites for hydroxylation is 1. The number of halogens is 4. The number of primary amides is 1. The van der Waals surface area contributed by atoms with Crippen LogP contribution in [0.15, 0.2) is 60.7 Å². The lowest BCUT2D eigenvalue weighted by molar-refractivity contribution is -0.265. The Morgan fingerprint density at radius 1 is 1.10 bits per heavy atom. The van der Waals surface area contributed by atoms with E-state index in [2.05, 4.69) is 15.3 Å². The van der Waals surface area contributed by atoms with Gasteiger partial charge in [0.05, 0.1) is 17.9 Å². The molecule has 1 aliphatic rings. The summed E-state index contributed by atoms with van der Waals surface area (Å²) < 4.78 is 63.1. The van der Waals surface area contributed by atoms with Crippen molar-refractivity contribution in [3.8, 4) is 27.6 Å². The molecule has 1 aliphatic heterocycles. The number of ether oxygens (including phenoxy) is 1. The molecule has 0 unspecified atom stereocenters. The average molecular weight is 601 g/mol. The van der Waals surface area contributed by atoms with Gasteiger partial charge < -0.3 is 20.9 Å². The van der Waals surface area contributed by atoms with E-state index < -0.39 is 47.1 Å². The molecule has 3 heterocycles. The van der Waals surface area contributed by atoms with Gasteiger partial charge in [0.1, 0.15) is 39.2 Å². The van der Waals surface area contributed by atoms with Crippen molar-refractivity contribution in [2.45, 2.75) is 31.0 Å². The number of benzene rings is 2. The van der Waals surface area contributed by atoms with E-state index in [-0.39, 0.29) is 34.1 Å². The van der Waals surface area contributed by atoms with Crippen LogP contribution < -0.4 is 15.8 Å². The molecule has 42 heavy (non-hydrogen) atoms. The number of nitrogens with one attached hydrogen (secondary N) is 1. The lowest BCUT2D eigenvalue weighted by Crippen LogP contribution is -2.51. The molecule has 0 saturated heterocycles. The smallest absolute Gasteiger partial charge is 0.424 e. The summed E-state index contributed by atoms with van der Waals surface area (Å²) in [6, 6.07) is 14.6. The number of nitrogens with zero attached hydrogens (tertiary/aromatic N) is 2. The summed E-state index contributed by atoms with van der Waals surface area (Å²) in [6.45, 7) is 1.35. The zero-order valence-corrected chi connectivity index (χ0v) is 23.1. The Labute approximate surface area is 241 Å². The van der Waals surface area contributed by atoms with Crippen molar-refractivity contribution in [1.82, 2.24) is 15.3 Å². The predicted molar refractivity (Wildman–Crippen MR) is 146 cm³/mol. The maximum atomic E-state index is 14.6. The summed E-state index contributed by atoms with van der Waals surface area (Å²) in [5.41, 5.74) is 0.444. The van der Waals surface area contributed by atoms with E-state index >= 15 is 0 Å². The molecule has 13 heteroatoms. The predicted octanol–water partition coefficient (Wildman–Crippen LogP) is 4.63. The van der Waals surface area contributed by atoms with Gasteiger partial charge in [-0.3, -0.25) is 9.59 Å². The first-order valence-corrected chi connectivity index (χ1v) is 13.4. The number of carbonyl (C=O) groups excluding carboxylic acids is 2. The van der Waals surface area contributed by atoms with Crippen molar-refractivity contribution in [1.29, 1.82) is 0 Å². The molecular formula is C29H24F4N4O4S. The molecule has 5 rings (SSSR count). The molecule has 0 spiro atoms. The number of aromatic nitrogens is 2. The Kier molecular flexibility index (Phi) is 7.27. The van der Waals surface area contributed by atoms with Crippen molar-refractivity contribution in [3.05, 3.63) is 88.3 Å². The Bertz CT molecular complexity index is 1680. The number of hydrogen-bond acceptors (Lipinski definition) is 7. The molecular weight excluding hydrogens is 576 g/mol. The Morgan fingerprint density at radius 2 is 1.76 bits per heavy atom. The normalized spacial score (nSPS) is 17.7. The molecule has 2 aromatic heterocycles. The topological polar surface area (TPSA) is 127 Å². The van der Waals surface area contributed by atoms with E-state index in [1.54, 1.807) is 31.2 Å². The first-order chi connectivity index (χ1) is 19.7. The van der Waals surface area contributed by atoms with Crippen LogP contribution in [0.5, 0.6) is 5.75 Å². The van der Waals surface area contributed by atoms with E-state index in [0.29, 0.717) is 10.7 Å². The van der Waals surface area contributed by atoms with Crippen LogP contribution in [0.1, 0.15) is 33.5 Å². The largest absolute Gasteiger partial charge is 0.489 e. The monoisotopic (exact) mass is 600 g/mol. The first-order valence-electron chi connectivity index (χ1n) is 12.6. The summed E-state index contributed by atoms with van der Waals surface area (Å²) in [7, 11) is 0. The zero-order valence-electron chi connectivity index (χ0n) is 22.3. The summed E-state index contributed by atoms with van der Waals surface area (Å²) in [4.78, 5) is 33.9. The third-order valence-corrected chi connectivity index (χ3v) is 8.36. The molecule has 4 N–H and O–H groups in total. The quantitative estimate of drug-likeness (QED) is 0.266. The molecule has 8 nitrogen and oxygen atoms in total. The number of pyridine rings is 1. The SMILES string of the molecule is Cc1nc(-c2ccccc2)sc1C(=O)NC[C@](O)(c1cc2c(c(-c3ccc(F)cc3)n1)OC[C@]2(C)C(N)=O)C(F)(F)F. The highest BCUT2D eigenvalue weighted by Gasteiger charge is 2.57. The fraction of sp³-hybridized carbons (Fsp3) is 0.241. The minimum absolute atomic E-state index is 0.0195. The lowest BCUT2D eigenvalue weighted by atomic mass is 9.81. The van der Waals surface area contributed by atoms with E-state index in [0.717, 1.165) is 35.1 Å². The third kappa shape index (κ3) is 4.98. The molecule has 0 radical (unpaired) electrons. The number of fused-ring (bicyclic) bond motifs is 1. The Morgan fingerprint density at radius 3 is 2.38 bits per heavy atom. The van der Waals surface area contributed by atoms with Gasteiger partial charge in [-0.25, -0.2) is 14.4 Å². The van der Waals surface area contributed by atoms with Crippen molar-refractivity contribution >= 4 is 23.2 Å². The maximum absolute atomic E-state index is 14.6. The molecule has 2 amide bonds. The molecule has 2 aromatic carbocycles. The molecule has 4 aromatic rings. The molecule has 0 bridgehead atoms. The molecule has 0 fully saturated rings. The molecule has 218 valence electrons. The van der Waals surface area contributed by atoms with E-state index in [1.165, 1.54) is 19.1 Å². The second-order valence-corrected chi connectivity index (χ2v) is 11.1. The van der Waals surface area contributed by atoms with Crippen molar-refractivity contribution in [3.63, 3.8) is 0 Å². The zero-order chi connectivity index (χ0) is 30.4. The standard InChI is InChI=1S/C29H24F4N4O4S/c1-15-23(42-25(36-15)17-6-4-3-5-7-17)24(38)35-13-28(40,29(31,32)33)20-12-19-22(41-14-27(19,2)26(34)39)21(37-20)16-8-10-18(30)11-9-16/h3-12,40H,13-14H2,1-2H3,(H2,34,39)(H,35,38)/t27-,28-/m0/s1. The van der Waals surface area contributed by atoms with Crippen molar-refractivity contribution in [2.75, 3.05) is 13.2 Å². The molecule has 2 atom stereocenters. The summed E-state index contributed by atoms with van der Waals surface area (Å²) >= 11 is 0.995. The maximum Gasteiger partial charge on any atom is 0.424 e. The second-order valence-electron chi connectivity index (χ2n) is 10.1. The number of hydrogen-bond donors (Lipinski definition) is 3. The Hall–Kier alpha value is -4.36. The van der Waals surface area contributed by atoms with Crippen LogP contribution in [0.25, 0.3) is 21.8 Å². The highest BCUT2D eigenvalue weighted by molar-refractivity contribution is 7.17. The average Bonchev–Trinajstić information content (AvgIpc) is 3.52. The second kappa shape index (κ2) is 10.5. The van der Waals surface area contributed by atoms with Crippen LogP contribution in [-0.2, 0) is 15.8 Å². The van der Waals surface area contributed by atoms with Crippen LogP contribution in [0.2, 0.25) is 0 Å². The minimum Gasteiger partial charge on any atom is -0.489 e. The van der Waals surface area contributed by atoms with Gasteiger partial charge in [0.25, 0.3) is 5.91 Å². The van der Waals surface area contributed by atoms with Crippen LogP contribution in [-0.4, -0.2) is 46.2 Å². The number of amides is 2. The summed E-state index contributed by atoms with van der Waals surface area (Å²) in [6.07, 6.45) is -5.33. The van der Waals surface area contributed by atoms with Crippen LogP contribution in [0, 0.1) is 12.7 Å². The van der Waals surface area contributed by atoms with Gasteiger partial charge in [-0.15, -0.1) is 11.3 Å². The number of nitrogens with two attached hydrogens (primary N) is 1. The van der Waals surface area contributed by atoms with Crippen LogP contribution in [0.3, 0.4) is 0 Å². The number of carbonyl (C=O) groups is 2. The number of rotatable bonds is 7. The number of aliphatic hydroxyl groups is 1. The van der Waals surface area contributed by atoms with Crippen molar-refractivity contribution in [2.24, 2.45) is 5.73 Å². The van der Waals surface area contributed by atoms with Crippen LogP contribution in [0.4, 0.5) is 17.6 Å². The summed E-state index contributed by atoms with van der Waals surface area (Å²) in [5.74, 6) is -2.37. The van der Waals surface area contributed by atoms with Gasteiger partial charge >= 0.3 is 6.18 Å². The molecule has 0 saturated carbocycles. The van der Waals surface area contributed by atoms with Gasteiger partial charge in [0.15, 0.2) is 0 Å². The molecule has 0 aliphatic carbocycles. The van der Waals surface area contributed by atoms with E-state index in [9.17, 15) is 32.3 Å². The first kappa shape index (κ1) is 29.1. The Balaban J connectivity index is 1.56. The van der Waals surface area contributed by atoms with Crippen molar-refractivity contribution < 1.29 is 37.0 Å². The third-order valence-electron chi connectivity index (χ3n) is 7.16. The van der Waals surface area contributed by atoms with E-state index in [4.69, 9.17) is 10.5 Å². The fourth-order valence-corrected chi connectivity index (χ4v) is 5.53. The van der Waals surface area contributed by atoms with Gasteiger partial charge in [-0.05, 0) is 44.2 Å². The number of alkyl halides is 3. The highest BCUT2D eigenvalue weighted by Crippen LogP contribution is 2.47. The minimum atomic E-state index is -5.33. The summed E-state index contributed by atoms with van der Waals surface area (Å²) in [5, 5.41) is 13.9. The van der Waals surface area contributed by atoms with E-state index in [1.807, 2.05) is 6.07 Å². The lowest BCUT2D eigenvalue weighted by Gasteiger charge is -2.31. The van der Waals surface area contributed by atoms with Gasteiger partial charge in [0, 0.05) is 16.7 Å². The van der Waals surface area contributed by atoms with Gasteiger partial charge in [0.2, 0.25) is 11.5 Å². The number of thiazole rings is 1.